The topological polar surface area (TPSA) is 200 Å². The van der Waals surface area contributed by atoms with E-state index in [4.69, 9.17) is 13.7 Å². The minimum Gasteiger partial charge on any atom is -0.432 e. The summed E-state index contributed by atoms with van der Waals surface area (Å²) in [5, 5.41) is 52.7. The van der Waals surface area contributed by atoms with Crippen LogP contribution >= 0.6 is 0 Å². The van der Waals surface area contributed by atoms with Crippen molar-refractivity contribution in [3.8, 4) is 0 Å². The first-order valence-electron chi connectivity index (χ1n) is 18.1. The highest BCUT2D eigenvalue weighted by Crippen LogP contribution is 2.76. The number of carbonyl (C=O) groups excluding carboxylic acids is 1. The first-order chi connectivity index (χ1) is 22.6. The van der Waals surface area contributed by atoms with Crippen LogP contribution in [0.3, 0.4) is 0 Å². The fourth-order valence-corrected chi connectivity index (χ4v) is 13.1. The molecule has 1 aliphatic heterocycles. The lowest BCUT2D eigenvalue weighted by atomic mass is 9.33. The van der Waals surface area contributed by atoms with Gasteiger partial charge in [-0.15, -0.1) is 0 Å². The van der Waals surface area contributed by atoms with Gasteiger partial charge >= 0.3 is 16.4 Å². The average molecular weight is 715 g/mol. The molecule has 13 heteroatoms. The molecule has 1 heterocycles. The number of aliphatic hydroxyl groups excluding tert-OH is 5. The minimum atomic E-state index is -4.61. The van der Waals surface area contributed by atoms with Crippen LogP contribution in [-0.2, 0) is 28.9 Å². The molecule has 12 nitrogen and oxygen atoms in total. The van der Waals surface area contributed by atoms with Gasteiger partial charge in [-0.05, 0) is 104 Å². The van der Waals surface area contributed by atoms with Gasteiger partial charge in [-0.1, -0.05) is 53.2 Å². The van der Waals surface area contributed by atoms with E-state index in [0.717, 1.165) is 37.7 Å². The molecule has 13 atom stereocenters. The zero-order valence-electron chi connectivity index (χ0n) is 29.8. The standard InChI is InChI=1S/C36H58O12S/c1-31(2)13-14-35(30(42)47-29-28(41)27(40)26(39)22(18-37)46-29)15-16-36(19-38)20(21(35)17-31)7-8-24-33(5)11-10-25(48-49(43,44)45)32(3,4)23(33)9-12-34(24,36)6/h7,21-29,37-41H,8-19H2,1-6H3,(H,43,44,45)/t21-,22+,23-,24+,25-,26+,27-,28+,29-,33-,34+,35-,36-/m0/s1. The molecule has 0 radical (unpaired) electrons. The number of fused-ring (bicyclic) bond motifs is 7. The quantitative estimate of drug-likeness (QED) is 0.134. The molecule has 5 fully saturated rings. The van der Waals surface area contributed by atoms with E-state index < -0.39 is 76.0 Å². The zero-order chi connectivity index (χ0) is 36.2. The second-order valence-corrected chi connectivity index (χ2v) is 19.3. The molecule has 280 valence electrons. The SMILES string of the molecule is CC1(C)CC[C@]2(C(=O)O[C@@H]3O[C@H](CO)[C@@H](O)[C@H](O)[C@H]3O)CC[C@]3(CO)C(=CC[C@@H]4[C@@]5(C)CC[C@H](OS(=O)(=O)O)C(C)(C)[C@@H]5CC[C@]43C)[C@@H]2C1. The second kappa shape index (κ2) is 12.2. The molecule has 0 aromatic carbocycles. The van der Waals surface area contributed by atoms with E-state index in [9.17, 15) is 43.3 Å². The minimum absolute atomic E-state index is 0.0702. The molecule has 0 bridgehead atoms. The largest absolute Gasteiger partial charge is 0.432 e. The van der Waals surface area contributed by atoms with Gasteiger partial charge in [-0.2, -0.15) is 8.42 Å². The summed E-state index contributed by atoms with van der Waals surface area (Å²) in [5.74, 6) is -0.486. The molecule has 6 aliphatic rings. The van der Waals surface area contributed by atoms with Crippen molar-refractivity contribution in [2.45, 2.75) is 143 Å². The number of ether oxygens (including phenoxy) is 2. The Morgan fingerprint density at radius 1 is 0.898 bits per heavy atom. The van der Waals surface area contributed by atoms with Gasteiger partial charge < -0.3 is 35.0 Å². The predicted octanol–water partition coefficient (Wildman–Crippen LogP) is 3.29. The maximum Gasteiger partial charge on any atom is 0.397 e. The smallest absolute Gasteiger partial charge is 0.397 e. The Bertz CT molecular complexity index is 1440. The summed E-state index contributed by atoms with van der Waals surface area (Å²) < 4.78 is 49.8. The molecule has 6 N–H and O–H groups in total. The first-order valence-corrected chi connectivity index (χ1v) is 19.5. The Kier molecular flexibility index (Phi) is 9.36. The van der Waals surface area contributed by atoms with Crippen LogP contribution in [0.25, 0.3) is 0 Å². The van der Waals surface area contributed by atoms with Crippen molar-refractivity contribution < 1.29 is 57.0 Å². The van der Waals surface area contributed by atoms with Crippen molar-refractivity contribution in [3.63, 3.8) is 0 Å². The summed E-state index contributed by atoms with van der Waals surface area (Å²) >= 11 is 0. The van der Waals surface area contributed by atoms with Crippen LogP contribution in [0.5, 0.6) is 0 Å². The lowest BCUT2D eigenvalue weighted by Gasteiger charge is -2.71. The van der Waals surface area contributed by atoms with Gasteiger partial charge in [-0.25, -0.2) is 4.18 Å². The molecular weight excluding hydrogens is 656 g/mol. The number of aliphatic hydroxyl groups is 5. The van der Waals surface area contributed by atoms with Crippen LogP contribution in [0.4, 0.5) is 0 Å². The highest BCUT2D eigenvalue weighted by Gasteiger charge is 2.71. The van der Waals surface area contributed by atoms with Gasteiger partial charge in [0.1, 0.15) is 24.4 Å². The zero-order valence-corrected chi connectivity index (χ0v) is 30.6. The molecule has 5 aliphatic carbocycles. The Labute approximate surface area is 290 Å². The van der Waals surface area contributed by atoms with E-state index in [2.05, 4.69) is 33.8 Å². The molecule has 0 amide bonds. The molecule has 0 unspecified atom stereocenters. The highest BCUT2D eigenvalue weighted by atomic mass is 32.3. The Hall–Kier alpha value is -1.16. The second-order valence-electron chi connectivity index (χ2n) is 18.3. The van der Waals surface area contributed by atoms with E-state index in [-0.39, 0.29) is 40.6 Å². The van der Waals surface area contributed by atoms with Crippen LogP contribution in [0.2, 0.25) is 0 Å². The van der Waals surface area contributed by atoms with Gasteiger partial charge in [0.2, 0.25) is 6.29 Å². The van der Waals surface area contributed by atoms with Gasteiger partial charge in [0.05, 0.1) is 24.7 Å². The van der Waals surface area contributed by atoms with E-state index in [1.807, 2.05) is 13.8 Å². The molecule has 0 aromatic rings. The highest BCUT2D eigenvalue weighted by molar-refractivity contribution is 7.80. The Morgan fingerprint density at radius 2 is 1.57 bits per heavy atom. The molecule has 0 spiro atoms. The van der Waals surface area contributed by atoms with Crippen molar-refractivity contribution in [2.24, 2.45) is 50.2 Å². The molecule has 1 saturated heterocycles. The Balaban J connectivity index is 1.36. The normalized spacial score (nSPS) is 49.0. The van der Waals surface area contributed by atoms with E-state index >= 15 is 0 Å². The lowest BCUT2D eigenvalue weighted by molar-refractivity contribution is -0.297. The fourth-order valence-electron chi connectivity index (χ4n) is 12.4. The molecule has 49 heavy (non-hydrogen) atoms. The van der Waals surface area contributed by atoms with Crippen molar-refractivity contribution in [1.29, 1.82) is 0 Å². The predicted molar refractivity (Wildman–Crippen MR) is 177 cm³/mol. The third-order valence-corrected chi connectivity index (χ3v) is 15.7. The first kappa shape index (κ1) is 37.6. The van der Waals surface area contributed by atoms with Crippen molar-refractivity contribution >= 4 is 16.4 Å². The Morgan fingerprint density at radius 3 is 2.20 bits per heavy atom. The third kappa shape index (κ3) is 5.59. The maximum absolute atomic E-state index is 14.5. The third-order valence-electron chi connectivity index (χ3n) is 15.2. The number of allylic oxidation sites excluding steroid dienone is 1. The fraction of sp³-hybridized carbons (Fsp3) is 0.917. The van der Waals surface area contributed by atoms with Crippen molar-refractivity contribution in [2.75, 3.05) is 13.2 Å². The number of esters is 1. The van der Waals surface area contributed by atoms with Crippen molar-refractivity contribution in [3.05, 3.63) is 11.6 Å². The number of rotatable bonds is 6. The summed E-state index contributed by atoms with van der Waals surface area (Å²) in [6.45, 7) is 12.4. The van der Waals surface area contributed by atoms with E-state index in [1.54, 1.807) is 0 Å². The maximum atomic E-state index is 14.5. The van der Waals surface area contributed by atoms with E-state index in [0.29, 0.717) is 32.1 Å². The van der Waals surface area contributed by atoms with Crippen LogP contribution in [-0.4, -0.2) is 94.5 Å². The van der Waals surface area contributed by atoms with E-state index in [1.165, 1.54) is 0 Å². The van der Waals surface area contributed by atoms with Crippen molar-refractivity contribution in [1.82, 2.24) is 0 Å². The number of hydrogen-bond acceptors (Lipinski definition) is 11. The summed E-state index contributed by atoms with van der Waals surface area (Å²) in [4.78, 5) is 14.5. The van der Waals surface area contributed by atoms with Gasteiger partial charge in [0.15, 0.2) is 0 Å². The number of carbonyl (C=O) groups is 1. The van der Waals surface area contributed by atoms with Crippen LogP contribution < -0.4 is 0 Å². The molecule has 6 rings (SSSR count). The molecule has 4 saturated carbocycles. The molecular formula is C36H58O12S. The monoisotopic (exact) mass is 714 g/mol. The lowest BCUT2D eigenvalue weighted by Crippen LogP contribution is -2.67. The van der Waals surface area contributed by atoms with Gasteiger partial charge in [0, 0.05) is 5.41 Å². The summed E-state index contributed by atoms with van der Waals surface area (Å²) in [7, 11) is -4.61. The summed E-state index contributed by atoms with van der Waals surface area (Å²) in [5.41, 5.74) is -1.57. The van der Waals surface area contributed by atoms with Crippen LogP contribution in [0.15, 0.2) is 11.6 Å². The van der Waals surface area contributed by atoms with Gasteiger partial charge in [0.25, 0.3) is 0 Å². The number of hydrogen-bond donors (Lipinski definition) is 6. The van der Waals surface area contributed by atoms with Crippen LogP contribution in [0, 0.1) is 50.2 Å². The summed E-state index contributed by atoms with van der Waals surface area (Å²) in [6, 6.07) is 0. The van der Waals surface area contributed by atoms with Gasteiger partial charge in [-0.3, -0.25) is 9.35 Å². The van der Waals surface area contributed by atoms with Crippen LogP contribution in [0.1, 0.15) is 106 Å². The average Bonchev–Trinajstić information content (AvgIpc) is 3.01. The summed E-state index contributed by atoms with van der Waals surface area (Å²) in [6.07, 6.45) is 0.561. The molecule has 0 aromatic heterocycles.